The maximum absolute atomic E-state index is 11.4. The average Bonchev–Trinajstić information content (AvgIpc) is 2.16. The summed E-state index contributed by atoms with van der Waals surface area (Å²) in [6.45, 7) is 13.7. The van der Waals surface area contributed by atoms with Crippen LogP contribution in [-0.2, 0) is 4.79 Å². The van der Waals surface area contributed by atoms with Crippen molar-refractivity contribution in [1.82, 2.24) is 5.32 Å². The molecule has 4 heteroatoms. The molecule has 1 unspecified atom stereocenters. The molecule has 1 N–H and O–H groups in total. The third kappa shape index (κ3) is 4.67. The van der Waals surface area contributed by atoms with Crippen LogP contribution in [0.1, 0.15) is 27.7 Å². The van der Waals surface area contributed by atoms with Gasteiger partial charge in [-0.2, -0.15) is 0 Å². The number of hydrogen-bond donors (Lipinski definition) is 1. The van der Waals surface area contributed by atoms with Crippen LogP contribution in [0, 0.1) is 0 Å². The van der Waals surface area contributed by atoms with Gasteiger partial charge in [-0.05, 0) is 20.8 Å². The number of carbonyl (C=O) groups is 1. The second kappa shape index (κ2) is 6.85. The van der Waals surface area contributed by atoms with Gasteiger partial charge in [-0.25, -0.2) is 0 Å². The first-order valence-electron chi connectivity index (χ1n) is 5.18. The molecule has 15 heavy (non-hydrogen) atoms. The molecule has 0 fully saturated rings. The van der Waals surface area contributed by atoms with Crippen molar-refractivity contribution in [2.24, 2.45) is 0 Å². The molecule has 0 aromatic rings. The maximum atomic E-state index is 11.4. The van der Waals surface area contributed by atoms with Gasteiger partial charge in [0.15, 0.2) is 6.17 Å². The number of quaternary nitrogens is 1. The predicted octanol–water partition coefficient (Wildman–Crippen LogP) is -1.48. The summed E-state index contributed by atoms with van der Waals surface area (Å²) >= 11 is 0. The van der Waals surface area contributed by atoms with Crippen LogP contribution in [0.15, 0.2) is 12.2 Å². The van der Waals surface area contributed by atoms with Gasteiger partial charge in [-0.1, -0.05) is 6.58 Å². The standard InChI is InChI=1S/C11H22N2O.ClH/c1-7-13(6,8-2)10(5)12-11(14)9(3)4;/h10H,3,7-8H2,1-2,4-6H3;1H. The van der Waals surface area contributed by atoms with Crippen LogP contribution in [0.5, 0.6) is 0 Å². The van der Waals surface area contributed by atoms with Gasteiger partial charge in [0.1, 0.15) is 0 Å². The van der Waals surface area contributed by atoms with Crippen LogP contribution in [-0.4, -0.2) is 36.7 Å². The fourth-order valence-corrected chi connectivity index (χ4v) is 1.24. The number of hydrogen-bond acceptors (Lipinski definition) is 1. The van der Waals surface area contributed by atoms with Gasteiger partial charge in [0, 0.05) is 12.5 Å². The van der Waals surface area contributed by atoms with Gasteiger partial charge in [0.2, 0.25) is 0 Å². The second-order valence-electron chi connectivity index (χ2n) is 4.04. The number of carbonyl (C=O) groups excluding carboxylic acids is 1. The summed E-state index contributed by atoms with van der Waals surface area (Å²) in [5, 5.41) is 2.96. The number of rotatable bonds is 5. The Kier molecular flexibility index (Phi) is 7.71. The lowest BCUT2D eigenvalue weighted by Gasteiger charge is -2.38. The predicted molar refractivity (Wildman–Crippen MR) is 59.7 cm³/mol. The summed E-state index contributed by atoms with van der Waals surface area (Å²) in [6, 6.07) is 0. The van der Waals surface area contributed by atoms with E-state index < -0.39 is 0 Å². The highest BCUT2D eigenvalue weighted by Gasteiger charge is 2.26. The summed E-state index contributed by atoms with van der Waals surface area (Å²) in [7, 11) is 2.14. The van der Waals surface area contributed by atoms with Gasteiger partial charge in [0.25, 0.3) is 5.91 Å². The Morgan fingerprint density at radius 1 is 1.40 bits per heavy atom. The first kappa shape index (κ1) is 16.9. The highest BCUT2D eigenvalue weighted by atomic mass is 35.5. The van der Waals surface area contributed by atoms with Gasteiger partial charge in [0.05, 0.1) is 20.1 Å². The summed E-state index contributed by atoms with van der Waals surface area (Å²) in [5.41, 5.74) is 0.565. The van der Waals surface area contributed by atoms with E-state index in [1.807, 2.05) is 6.92 Å². The molecule has 0 rings (SSSR count). The summed E-state index contributed by atoms with van der Waals surface area (Å²) in [6.07, 6.45) is 0.134. The largest absolute Gasteiger partial charge is 1.00 e. The van der Waals surface area contributed by atoms with Crippen LogP contribution in [0.4, 0.5) is 0 Å². The molecule has 3 nitrogen and oxygen atoms in total. The lowest BCUT2D eigenvalue weighted by molar-refractivity contribution is -0.930. The molecule has 0 aliphatic carbocycles. The molecule has 90 valence electrons. The zero-order valence-electron chi connectivity index (χ0n) is 10.4. The van der Waals surface area contributed by atoms with Crippen LogP contribution >= 0.6 is 0 Å². The van der Waals surface area contributed by atoms with Crippen LogP contribution in [0.25, 0.3) is 0 Å². The maximum Gasteiger partial charge on any atom is 0.250 e. The normalized spacial score (nSPS) is 12.6. The van der Waals surface area contributed by atoms with E-state index in [2.05, 4.69) is 32.8 Å². The highest BCUT2D eigenvalue weighted by Crippen LogP contribution is 2.07. The molecule has 0 radical (unpaired) electrons. The Hall–Kier alpha value is -0.540. The lowest BCUT2D eigenvalue weighted by Crippen LogP contribution is -3.00. The molecule has 0 saturated heterocycles. The molecule has 1 amide bonds. The molecule has 0 bridgehead atoms. The van der Waals surface area contributed by atoms with E-state index in [4.69, 9.17) is 0 Å². The molecular formula is C11H23ClN2O. The SMILES string of the molecule is C=C(C)C(=O)NC(C)[N+](C)(CC)CC.[Cl-]. The van der Waals surface area contributed by atoms with E-state index in [1.165, 1.54) is 0 Å². The minimum atomic E-state index is -0.0521. The zero-order valence-corrected chi connectivity index (χ0v) is 11.2. The number of amides is 1. The molecular weight excluding hydrogens is 212 g/mol. The number of nitrogens with one attached hydrogen (secondary N) is 1. The molecule has 0 aromatic carbocycles. The van der Waals surface area contributed by atoms with Crippen molar-refractivity contribution in [3.05, 3.63) is 12.2 Å². The van der Waals surface area contributed by atoms with E-state index >= 15 is 0 Å². The van der Waals surface area contributed by atoms with E-state index in [0.29, 0.717) is 5.57 Å². The third-order valence-corrected chi connectivity index (χ3v) is 3.11. The molecule has 0 heterocycles. The van der Waals surface area contributed by atoms with Gasteiger partial charge < -0.3 is 22.2 Å². The summed E-state index contributed by atoms with van der Waals surface area (Å²) in [5.74, 6) is -0.0521. The van der Waals surface area contributed by atoms with Crippen LogP contribution in [0.3, 0.4) is 0 Å². The quantitative estimate of drug-likeness (QED) is 0.351. The third-order valence-electron chi connectivity index (χ3n) is 3.11. The Bertz CT molecular complexity index is 225. The van der Waals surface area contributed by atoms with Gasteiger partial charge in [-0.3, -0.25) is 4.79 Å². The molecule has 0 spiro atoms. The van der Waals surface area contributed by atoms with E-state index in [-0.39, 0.29) is 24.5 Å². The van der Waals surface area contributed by atoms with Crippen molar-refractivity contribution in [3.63, 3.8) is 0 Å². The van der Waals surface area contributed by atoms with Crippen LogP contribution in [0.2, 0.25) is 0 Å². The minimum Gasteiger partial charge on any atom is -1.00 e. The molecule has 0 saturated carbocycles. The van der Waals surface area contributed by atoms with Gasteiger partial charge in [-0.15, -0.1) is 0 Å². The first-order valence-corrected chi connectivity index (χ1v) is 5.18. The molecule has 0 aliphatic rings. The minimum absolute atomic E-state index is 0. The fourth-order valence-electron chi connectivity index (χ4n) is 1.24. The summed E-state index contributed by atoms with van der Waals surface area (Å²) < 4.78 is 0.846. The van der Waals surface area contributed by atoms with Gasteiger partial charge >= 0.3 is 0 Å². The van der Waals surface area contributed by atoms with E-state index in [1.54, 1.807) is 6.92 Å². The highest BCUT2D eigenvalue weighted by molar-refractivity contribution is 5.92. The van der Waals surface area contributed by atoms with Crippen molar-refractivity contribution in [3.8, 4) is 0 Å². The second-order valence-corrected chi connectivity index (χ2v) is 4.04. The number of halogens is 1. The summed E-state index contributed by atoms with van der Waals surface area (Å²) in [4.78, 5) is 11.4. The Labute approximate surface area is 99.5 Å². The first-order chi connectivity index (χ1) is 6.37. The smallest absolute Gasteiger partial charge is 0.250 e. The average molecular weight is 235 g/mol. The van der Waals surface area contributed by atoms with Crippen molar-refractivity contribution in [2.75, 3.05) is 20.1 Å². The van der Waals surface area contributed by atoms with E-state index in [9.17, 15) is 4.79 Å². The van der Waals surface area contributed by atoms with Crippen molar-refractivity contribution < 1.29 is 21.7 Å². The monoisotopic (exact) mass is 234 g/mol. The lowest BCUT2D eigenvalue weighted by atomic mass is 10.3. The fraction of sp³-hybridized carbons (Fsp3) is 0.727. The Balaban J connectivity index is 0. The Morgan fingerprint density at radius 3 is 2.07 bits per heavy atom. The number of nitrogens with zero attached hydrogens (tertiary/aromatic N) is 1. The molecule has 0 aromatic heterocycles. The van der Waals surface area contributed by atoms with E-state index in [0.717, 1.165) is 17.6 Å². The zero-order chi connectivity index (χ0) is 11.4. The van der Waals surface area contributed by atoms with Crippen molar-refractivity contribution in [2.45, 2.75) is 33.9 Å². The Morgan fingerprint density at radius 2 is 1.80 bits per heavy atom. The van der Waals surface area contributed by atoms with Crippen molar-refractivity contribution in [1.29, 1.82) is 0 Å². The van der Waals surface area contributed by atoms with Crippen LogP contribution < -0.4 is 17.7 Å². The molecule has 1 atom stereocenters. The molecule has 0 aliphatic heterocycles. The topological polar surface area (TPSA) is 29.1 Å². The van der Waals surface area contributed by atoms with Crippen molar-refractivity contribution >= 4 is 5.91 Å².